The Balaban J connectivity index is 2.65. The molecule has 1 fully saturated rings. The van der Waals surface area contributed by atoms with Crippen LogP contribution in [-0.4, -0.2) is 36.6 Å². The monoisotopic (exact) mass is 238 g/mol. The molecule has 0 aromatic rings. The van der Waals surface area contributed by atoms with E-state index in [0.29, 0.717) is 26.1 Å². The molecule has 2 atom stereocenters. The van der Waals surface area contributed by atoms with E-state index in [4.69, 9.17) is 5.73 Å². The number of rotatable bonds is 2. The van der Waals surface area contributed by atoms with Gasteiger partial charge in [-0.15, -0.1) is 0 Å². The van der Waals surface area contributed by atoms with E-state index >= 15 is 0 Å². The Kier molecular flexibility index (Phi) is 3.52. The molecule has 0 aromatic heterocycles. The highest BCUT2D eigenvalue weighted by Crippen LogP contribution is 2.33. The lowest BCUT2D eigenvalue weighted by Gasteiger charge is -2.25. The molecule has 1 amide bonds. The molecule has 1 rings (SSSR count). The molecule has 0 aliphatic carbocycles. The fourth-order valence-electron chi connectivity index (χ4n) is 1.79. The molecule has 2 N–H and O–H groups in total. The van der Waals surface area contributed by atoms with Gasteiger partial charge in [0.2, 0.25) is 5.91 Å². The average molecular weight is 238 g/mol. The molecule has 1 heterocycles. The van der Waals surface area contributed by atoms with Crippen molar-refractivity contribution < 1.29 is 18.0 Å². The fraction of sp³-hybridized carbons (Fsp3) is 0.900. The molecule has 6 heteroatoms. The summed E-state index contributed by atoms with van der Waals surface area (Å²) in [6.45, 7) is 3.87. The number of likely N-dealkylation sites (tertiary alicyclic amines) is 1. The Morgan fingerprint density at radius 1 is 1.56 bits per heavy atom. The van der Waals surface area contributed by atoms with E-state index in [-0.39, 0.29) is 5.41 Å². The smallest absolute Gasteiger partial charge is 0.342 e. The summed E-state index contributed by atoms with van der Waals surface area (Å²) in [4.78, 5) is 12.8. The number of hydrogen-bond donors (Lipinski definition) is 1. The van der Waals surface area contributed by atoms with Gasteiger partial charge in [0.1, 0.15) is 5.92 Å². The van der Waals surface area contributed by atoms with E-state index in [2.05, 4.69) is 0 Å². The van der Waals surface area contributed by atoms with E-state index in [1.54, 1.807) is 0 Å². The highest BCUT2D eigenvalue weighted by molar-refractivity contribution is 5.79. The van der Waals surface area contributed by atoms with E-state index in [1.165, 1.54) is 4.90 Å². The number of carbonyl (C=O) groups is 1. The quantitative estimate of drug-likeness (QED) is 0.790. The van der Waals surface area contributed by atoms with Gasteiger partial charge in [0.15, 0.2) is 0 Å². The van der Waals surface area contributed by atoms with Crippen molar-refractivity contribution in [2.24, 2.45) is 17.1 Å². The average Bonchev–Trinajstić information content (AvgIpc) is 2.58. The molecule has 0 spiro atoms. The zero-order valence-electron chi connectivity index (χ0n) is 9.47. The Labute approximate surface area is 92.8 Å². The number of nitrogens with zero attached hydrogens (tertiary/aromatic N) is 1. The van der Waals surface area contributed by atoms with Crippen molar-refractivity contribution in [3.05, 3.63) is 0 Å². The van der Waals surface area contributed by atoms with Crippen molar-refractivity contribution >= 4 is 5.91 Å². The summed E-state index contributed by atoms with van der Waals surface area (Å²) in [6, 6.07) is 0. The van der Waals surface area contributed by atoms with Gasteiger partial charge in [-0.2, -0.15) is 13.2 Å². The van der Waals surface area contributed by atoms with Crippen LogP contribution in [0, 0.1) is 11.3 Å². The lowest BCUT2D eigenvalue weighted by molar-refractivity contribution is -0.185. The zero-order chi connectivity index (χ0) is 12.6. The highest BCUT2D eigenvalue weighted by atomic mass is 19.4. The van der Waals surface area contributed by atoms with Crippen LogP contribution in [0.25, 0.3) is 0 Å². The minimum atomic E-state index is -4.46. The summed E-state index contributed by atoms with van der Waals surface area (Å²) >= 11 is 0. The van der Waals surface area contributed by atoms with E-state index in [1.807, 2.05) is 6.92 Å². The Hall–Kier alpha value is -0.780. The summed E-state index contributed by atoms with van der Waals surface area (Å²) in [5.74, 6) is -2.77. The normalized spacial score (nSPS) is 28.2. The number of carbonyl (C=O) groups excluding carboxylic acids is 1. The van der Waals surface area contributed by atoms with Crippen molar-refractivity contribution in [2.75, 3.05) is 19.6 Å². The molecular weight excluding hydrogens is 221 g/mol. The number of hydrogen-bond acceptors (Lipinski definition) is 2. The van der Waals surface area contributed by atoms with Gasteiger partial charge < -0.3 is 10.6 Å². The molecule has 2 unspecified atom stereocenters. The summed E-state index contributed by atoms with van der Waals surface area (Å²) in [5, 5.41) is 0. The van der Waals surface area contributed by atoms with Crippen LogP contribution in [0.5, 0.6) is 0 Å². The van der Waals surface area contributed by atoms with E-state index < -0.39 is 18.0 Å². The molecular formula is C10H17F3N2O. The second-order valence-electron chi connectivity index (χ2n) is 4.79. The first-order chi connectivity index (χ1) is 7.19. The van der Waals surface area contributed by atoms with Crippen LogP contribution in [-0.2, 0) is 4.79 Å². The lowest BCUT2D eigenvalue weighted by Crippen LogP contribution is -2.41. The topological polar surface area (TPSA) is 46.3 Å². The second-order valence-corrected chi connectivity index (χ2v) is 4.79. The maximum atomic E-state index is 12.4. The van der Waals surface area contributed by atoms with Gasteiger partial charge in [0.25, 0.3) is 0 Å². The SMILES string of the molecule is CC(C(=O)N1CCC(C)(CN)C1)C(F)(F)F. The van der Waals surface area contributed by atoms with Crippen molar-refractivity contribution in [2.45, 2.75) is 26.4 Å². The van der Waals surface area contributed by atoms with Crippen LogP contribution >= 0.6 is 0 Å². The van der Waals surface area contributed by atoms with Gasteiger partial charge in [-0.1, -0.05) is 6.92 Å². The Morgan fingerprint density at radius 3 is 2.50 bits per heavy atom. The molecule has 1 aliphatic heterocycles. The highest BCUT2D eigenvalue weighted by Gasteiger charge is 2.45. The van der Waals surface area contributed by atoms with Crippen molar-refractivity contribution in [3.8, 4) is 0 Å². The third kappa shape index (κ3) is 2.66. The van der Waals surface area contributed by atoms with Gasteiger partial charge in [-0.25, -0.2) is 0 Å². The molecule has 1 saturated heterocycles. The first-order valence-corrected chi connectivity index (χ1v) is 5.25. The second kappa shape index (κ2) is 4.24. The fourth-order valence-corrected chi connectivity index (χ4v) is 1.79. The Morgan fingerprint density at radius 2 is 2.12 bits per heavy atom. The number of amides is 1. The summed E-state index contributed by atoms with van der Waals surface area (Å²) in [7, 11) is 0. The number of nitrogens with two attached hydrogens (primary N) is 1. The van der Waals surface area contributed by atoms with Crippen LogP contribution in [0.1, 0.15) is 20.3 Å². The van der Waals surface area contributed by atoms with E-state index in [9.17, 15) is 18.0 Å². The summed E-state index contributed by atoms with van der Waals surface area (Å²) in [5.41, 5.74) is 5.30. The van der Waals surface area contributed by atoms with Crippen LogP contribution in [0.15, 0.2) is 0 Å². The van der Waals surface area contributed by atoms with Gasteiger partial charge >= 0.3 is 6.18 Å². The van der Waals surface area contributed by atoms with Crippen molar-refractivity contribution in [1.29, 1.82) is 0 Å². The number of halogens is 3. The van der Waals surface area contributed by atoms with Gasteiger partial charge in [-0.05, 0) is 25.3 Å². The maximum Gasteiger partial charge on any atom is 0.400 e. The summed E-state index contributed by atoms with van der Waals surface area (Å²) in [6.07, 6.45) is -3.79. The zero-order valence-corrected chi connectivity index (χ0v) is 9.47. The first-order valence-electron chi connectivity index (χ1n) is 5.25. The van der Waals surface area contributed by atoms with Gasteiger partial charge in [0.05, 0.1) is 0 Å². The van der Waals surface area contributed by atoms with E-state index in [0.717, 1.165) is 6.92 Å². The number of alkyl halides is 3. The standard InChI is InChI=1S/C10H17F3N2O/c1-7(10(11,12)13)8(16)15-4-3-9(2,5-14)6-15/h7H,3-6,14H2,1-2H3. The van der Waals surface area contributed by atoms with Crippen LogP contribution in [0.4, 0.5) is 13.2 Å². The Bertz CT molecular complexity index is 280. The minimum Gasteiger partial charge on any atom is -0.342 e. The molecule has 0 radical (unpaired) electrons. The molecule has 3 nitrogen and oxygen atoms in total. The molecule has 16 heavy (non-hydrogen) atoms. The minimum absolute atomic E-state index is 0.235. The molecule has 1 aliphatic rings. The van der Waals surface area contributed by atoms with Gasteiger partial charge in [0, 0.05) is 13.1 Å². The molecule has 94 valence electrons. The lowest BCUT2D eigenvalue weighted by atomic mass is 9.90. The first kappa shape index (κ1) is 13.3. The summed E-state index contributed by atoms with van der Waals surface area (Å²) < 4.78 is 37.1. The molecule has 0 saturated carbocycles. The third-order valence-electron chi connectivity index (χ3n) is 3.22. The van der Waals surface area contributed by atoms with Crippen LogP contribution in [0.2, 0.25) is 0 Å². The third-order valence-corrected chi connectivity index (χ3v) is 3.22. The predicted octanol–water partition coefficient (Wildman–Crippen LogP) is 1.38. The largest absolute Gasteiger partial charge is 0.400 e. The predicted molar refractivity (Wildman–Crippen MR) is 53.6 cm³/mol. The van der Waals surface area contributed by atoms with Crippen molar-refractivity contribution in [1.82, 2.24) is 4.90 Å². The molecule has 0 bridgehead atoms. The van der Waals surface area contributed by atoms with Crippen LogP contribution < -0.4 is 5.73 Å². The molecule has 0 aromatic carbocycles. The van der Waals surface area contributed by atoms with Crippen molar-refractivity contribution in [3.63, 3.8) is 0 Å². The van der Waals surface area contributed by atoms with Crippen LogP contribution in [0.3, 0.4) is 0 Å². The maximum absolute atomic E-state index is 12.4. The van der Waals surface area contributed by atoms with Gasteiger partial charge in [-0.3, -0.25) is 4.79 Å².